The van der Waals surface area contributed by atoms with Crippen molar-refractivity contribution >= 4 is 14.0 Å². The van der Waals surface area contributed by atoms with E-state index >= 15 is 0 Å². The molecule has 0 N–H and O–H groups in total. The maximum Gasteiger partial charge on any atom is 0.192 e. The second kappa shape index (κ2) is 6.73. The van der Waals surface area contributed by atoms with Crippen LogP contribution in [0.2, 0.25) is 18.1 Å². The van der Waals surface area contributed by atoms with Crippen molar-refractivity contribution < 1.29 is 9.16 Å². The molecule has 0 aliphatic heterocycles. The van der Waals surface area contributed by atoms with Gasteiger partial charge in [-0.2, -0.15) is 0 Å². The zero-order valence-electron chi connectivity index (χ0n) is 16.0. The largest absolute Gasteiger partial charge is 0.494 e. The molecule has 23 heavy (non-hydrogen) atoms. The van der Waals surface area contributed by atoms with E-state index in [1.165, 1.54) is 0 Å². The van der Waals surface area contributed by atoms with Crippen molar-refractivity contribution in [3.8, 4) is 5.75 Å². The highest BCUT2D eigenvalue weighted by Gasteiger charge is 2.37. The minimum atomic E-state index is -1.88. The number of nitroso groups, excluding NO2 is 1. The number of hydrogen-bond donors (Lipinski definition) is 0. The van der Waals surface area contributed by atoms with E-state index in [1.54, 1.807) is 7.11 Å². The lowest BCUT2D eigenvalue weighted by molar-refractivity contribution is 0.269. The number of benzene rings is 1. The fourth-order valence-electron chi connectivity index (χ4n) is 1.99. The summed E-state index contributed by atoms with van der Waals surface area (Å²) in [6, 6.07) is 3.88. The van der Waals surface area contributed by atoms with Crippen molar-refractivity contribution in [2.45, 2.75) is 71.7 Å². The Labute approximate surface area is 141 Å². The molecule has 1 aromatic carbocycles. The molecule has 0 spiro atoms. The first-order valence-electron chi connectivity index (χ1n) is 8.02. The van der Waals surface area contributed by atoms with Crippen LogP contribution in [0.1, 0.15) is 52.7 Å². The van der Waals surface area contributed by atoms with Crippen molar-refractivity contribution in [3.63, 3.8) is 0 Å². The normalized spacial score (nSPS) is 13.1. The van der Waals surface area contributed by atoms with Crippen molar-refractivity contribution in [2.24, 2.45) is 5.18 Å². The van der Waals surface area contributed by atoms with E-state index in [9.17, 15) is 4.91 Å². The molecule has 0 saturated carbocycles. The van der Waals surface area contributed by atoms with Gasteiger partial charge in [-0.25, -0.2) is 0 Å². The van der Waals surface area contributed by atoms with E-state index in [2.05, 4.69) is 65.9 Å². The average Bonchev–Trinajstić information content (AvgIpc) is 2.41. The Hall–Kier alpha value is -1.20. The summed E-state index contributed by atoms with van der Waals surface area (Å²) in [4.78, 5) is 11.2. The highest BCUT2D eigenvalue weighted by molar-refractivity contribution is 6.74. The molecule has 0 atom stereocenters. The van der Waals surface area contributed by atoms with Crippen LogP contribution in [-0.2, 0) is 16.4 Å². The molecule has 0 heterocycles. The standard InChI is InChI=1S/C18H31NO3Si/c1-17(2,3)14-10-13(16(21-7)15(11-14)19-20)12-22-23(8,9)18(4,5)6/h10-11H,12H2,1-9H3. The van der Waals surface area contributed by atoms with Gasteiger partial charge in [-0.05, 0) is 46.4 Å². The van der Waals surface area contributed by atoms with Crippen molar-refractivity contribution in [3.05, 3.63) is 28.2 Å². The van der Waals surface area contributed by atoms with Crippen LogP contribution in [0.4, 0.5) is 5.69 Å². The second-order valence-corrected chi connectivity index (χ2v) is 13.4. The lowest BCUT2D eigenvalue weighted by atomic mass is 9.85. The van der Waals surface area contributed by atoms with Gasteiger partial charge < -0.3 is 9.16 Å². The summed E-state index contributed by atoms with van der Waals surface area (Å²) in [5.74, 6) is 0.520. The molecule has 0 radical (unpaired) electrons. The van der Waals surface area contributed by atoms with E-state index in [0.29, 0.717) is 18.0 Å². The first kappa shape index (κ1) is 19.8. The second-order valence-electron chi connectivity index (χ2n) is 8.58. The molecule has 1 rings (SSSR count). The maximum absolute atomic E-state index is 11.2. The van der Waals surface area contributed by atoms with Crippen LogP contribution < -0.4 is 4.74 Å². The lowest BCUT2D eigenvalue weighted by Gasteiger charge is -2.36. The SMILES string of the molecule is COc1c(CO[Si](C)(C)C(C)(C)C)cc(C(C)(C)C)cc1N=O. The molecule has 4 nitrogen and oxygen atoms in total. The molecule has 0 bridgehead atoms. The Kier molecular flexibility index (Phi) is 5.81. The zero-order chi connectivity index (χ0) is 18.1. The molecule has 0 saturated heterocycles. The fraction of sp³-hybridized carbons (Fsp3) is 0.667. The van der Waals surface area contributed by atoms with Crippen molar-refractivity contribution in [1.29, 1.82) is 0 Å². The Morgan fingerprint density at radius 1 is 1.09 bits per heavy atom. The molecule has 0 aliphatic rings. The van der Waals surface area contributed by atoms with Gasteiger partial charge in [-0.3, -0.25) is 0 Å². The average molecular weight is 338 g/mol. The van der Waals surface area contributed by atoms with E-state index in [4.69, 9.17) is 9.16 Å². The summed E-state index contributed by atoms with van der Waals surface area (Å²) in [6.45, 7) is 17.8. The van der Waals surface area contributed by atoms with Gasteiger partial charge in [0, 0.05) is 5.56 Å². The fourth-order valence-corrected chi connectivity index (χ4v) is 2.94. The van der Waals surface area contributed by atoms with Crippen LogP contribution in [0.5, 0.6) is 5.75 Å². The summed E-state index contributed by atoms with van der Waals surface area (Å²) in [5, 5.41) is 3.28. The molecule has 0 fully saturated rings. The van der Waals surface area contributed by atoms with E-state index in [0.717, 1.165) is 11.1 Å². The topological polar surface area (TPSA) is 47.9 Å². The number of ether oxygens (including phenoxy) is 1. The minimum absolute atomic E-state index is 0.0720. The van der Waals surface area contributed by atoms with E-state index in [-0.39, 0.29) is 10.5 Å². The highest BCUT2D eigenvalue weighted by Crippen LogP contribution is 2.40. The monoisotopic (exact) mass is 337 g/mol. The van der Waals surface area contributed by atoms with Crippen molar-refractivity contribution in [1.82, 2.24) is 0 Å². The van der Waals surface area contributed by atoms with Crippen LogP contribution in [0, 0.1) is 4.91 Å². The number of nitrogens with zero attached hydrogens (tertiary/aromatic N) is 1. The summed E-state index contributed by atoms with van der Waals surface area (Å²) < 4.78 is 11.7. The maximum atomic E-state index is 11.2. The summed E-state index contributed by atoms with van der Waals surface area (Å²) in [7, 11) is -0.312. The number of methoxy groups -OCH3 is 1. The smallest absolute Gasteiger partial charge is 0.192 e. The van der Waals surface area contributed by atoms with Crippen LogP contribution in [0.15, 0.2) is 17.3 Å². The van der Waals surface area contributed by atoms with Crippen LogP contribution in [0.3, 0.4) is 0 Å². The van der Waals surface area contributed by atoms with Crippen LogP contribution in [-0.4, -0.2) is 15.4 Å². The van der Waals surface area contributed by atoms with Gasteiger partial charge in [-0.15, -0.1) is 4.91 Å². The lowest BCUT2D eigenvalue weighted by Crippen LogP contribution is -2.40. The van der Waals surface area contributed by atoms with Gasteiger partial charge in [0.05, 0.1) is 13.7 Å². The molecule has 1 aromatic rings. The summed E-state index contributed by atoms with van der Waals surface area (Å²) in [6.07, 6.45) is 0. The molecule has 0 unspecified atom stereocenters. The zero-order valence-corrected chi connectivity index (χ0v) is 17.0. The molecule has 130 valence electrons. The van der Waals surface area contributed by atoms with E-state index in [1.807, 2.05) is 6.07 Å². The Bertz CT molecular complexity index is 569. The first-order valence-corrected chi connectivity index (χ1v) is 10.9. The Morgan fingerprint density at radius 3 is 2.04 bits per heavy atom. The molecule has 0 amide bonds. The van der Waals surface area contributed by atoms with E-state index < -0.39 is 8.32 Å². The quantitative estimate of drug-likeness (QED) is 0.495. The first-order chi connectivity index (χ1) is 10.3. The van der Waals surface area contributed by atoms with Gasteiger partial charge >= 0.3 is 0 Å². The molecule has 0 aromatic heterocycles. The number of rotatable bonds is 5. The predicted octanol–water partition coefficient (Wildman–Crippen LogP) is 5.91. The third kappa shape index (κ3) is 4.64. The van der Waals surface area contributed by atoms with Gasteiger partial charge in [0.2, 0.25) is 0 Å². The summed E-state index contributed by atoms with van der Waals surface area (Å²) >= 11 is 0. The molecule has 5 heteroatoms. The van der Waals surface area contributed by atoms with Gasteiger partial charge in [0.15, 0.2) is 19.8 Å². The third-order valence-corrected chi connectivity index (χ3v) is 9.19. The molecular formula is C18H31NO3Si. The molecule has 0 aliphatic carbocycles. The molecular weight excluding hydrogens is 306 g/mol. The van der Waals surface area contributed by atoms with Crippen molar-refractivity contribution in [2.75, 3.05) is 7.11 Å². The highest BCUT2D eigenvalue weighted by atomic mass is 28.4. The Morgan fingerprint density at radius 2 is 1.65 bits per heavy atom. The number of hydrogen-bond acceptors (Lipinski definition) is 4. The van der Waals surface area contributed by atoms with Crippen LogP contribution in [0.25, 0.3) is 0 Å². The van der Waals surface area contributed by atoms with Gasteiger partial charge in [0.1, 0.15) is 0 Å². The van der Waals surface area contributed by atoms with Crippen LogP contribution >= 0.6 is 0 Å². The summed E-state index contributed by atoms with van der Waals surface area (Å²) in [5.41, 5.74) is 2.21. The Balaban J connectivity index is 3.26. The van der Waals surface area contributed by atoms with Gasteiger partial charge in [-0.1, -0.05) is 41.5 Å². The minimum Gasteiger partial charge on any atom is -0.494 e. The third-order valence-electron chi connectivity index (χ3n) is 4.71. The predicted molar refractivity (Wildman–Crippen MR) is 99.1 cm³/mol. The van der Waals surface area contributed by atoms with Gasteiger partial charge in [0.25, 0.3) is 0 Å².